The number of methoxy groups -OCH3 is 1. The summed E-state index contributed by atoms with van der Waals surface area (Å²) in [6.45, 7) is 0.580. The quantitative estimate of drug-likeness (QED) is 0.801. The fraction of sp³-hybridized carbons (Fsp3) is 0.615. The van der Waals surface area contributed by atoms with Gasteiger partial charge in [-0.3, -0.25) is 0 Å². The van der Waals surface area contributed by atoms with Crippen LogP contribution in [0.5, 0.6) is 0 Å². The van der Waals surface area contributed by atoms with Crippen LogP contribution in [0.3, 0.4) is 0 Å². The van der Waals surface area contributed by atoms with Crippen molar-refractivity contribution in [1.29, 1.82) is 0 Å². The molecule has 0 amide bonds. The van der Waals surface area contributed by atoms with Crippen molar-refractivity contribution in [3.8, 4) is 0 Å². The van der Waals surface area contributed by atoms with Gasteiger partial charge in [0.2, 0.25) is 5.82 Å². The second-order valence-corrected chi connectivity index (χ2v) is 4.59. The molecule has 6 nitrogen and oxygen atoms in total. The van der Waals surface area contributed by atoms with Gasteiger partial charge >= 0.3 is 5.97 Å². The lowest BCUT2D eigenvalue weighted by atomic mass is 10.2. The molecule has 0 spiro atoms. The summed E-state index contributed by atoms with van der Waals surface area (Å²) in [5.41, 5.74) is 0. The van der Waals surface area contributed by atoms with Crippen molar-refractivity contribution >= 4 is 11.8 Å². The summed E-state index contributed by atoms with van der Waals surface area (Å²) < 4.78 is 4.62. The minimum absolute atomic E-state index is 0.0564. The standard InChI is InChI=1S/C13H19N3O3/c1-19-13(18)12-14-7-6-11(15-12)16(8-9-17)10-4-2-3-5-10/h6-7,10,17H,2-5,8-9H2,1H3. The zero-order valence-corrected chi connectivity index (χ0v) is 11.1. The number of aliphatic hydroxyl groups is 1. The maximum Gasteiger partial charge on any atom is 0.376 e. The van der Waals surface area contributed by atoms with Gasteiger partial charge in [-0.05, 0) is 18.9 Å². The van der Waals surface area contributed by atoms with Crippen LogP contribution in [0.2, 0.25) is 0 Å². The van der Waals surface area contributed by atoms with E-state index in [9.17, 15) is 9.90 Å². The topological polar surface area (TPSA) is 75.5 Å². The molecule has 2 rings (SSSR count). The van der Waals surface area contributed by atoms with Crippen molar-refractivity contribution in [3.05, 3.63) is 18.1 Å². The lowest BCUT2D eigenvalue weighted by Gasteiger charge is -2.29. The number of carbonyl (C=O) groups is 1. The number of aromatic nitrogens is 2. The summed E-state index contributed by atoms with van der Waals surface area (Å²) in [5.74, 6) is 0.189. The normalized spacial score (nSPS) is 15.5. The van der Waals surface area contributed by atoms with Gasteiger partial charge in [0, 0.05) is 18.8 Å². The van der Waals surface area contributed by atoms with Crippen LogP contribution in [0, 0.1) is 0 Å². The number of aliphatic hydroxyl groups excluding tert-OH is 1. The Balaban J connectivity index is 2.22. The molecule has 0 bridgehead atoms. The molecule has 1 aromatic heterocycles. The lowest BCUT2D eigenvalue weighted by molar-refractivity contribution is 0.0586. The molecule has 1 heterocycles. The number of nitrogens with zero attached hydrogens (tertiary/aromatic N) is 3. The zero-order chi connectivity index (χ0) is 13.7. The number of rotatable bonds is 5. The molecule has 1 aliphatic rings. The molecule has 0 aliphatic heterocycles. The maximum atomic E-state index is 11.5. The van der Waals surface area contributed by atoms with E-state index >= 15 is 0 Å². The Morgan fingerprint density at radius 1 is 1.53 bits per heavy atom. The zero-order valence-electron chi connectivity index (χ0n) is 11.1. The minimum atomic E-state index is -0.544. The van der Waals surface area contributed by atoms with Crippen molar-refractivity contribution in [2.45, 2.75) is 31.7 Å². The van der Waals surface area contributed by atoms with Gasteiger partial charge in [-0.25, -0.2) is 14.8 Å². The molecule has 1 N–H and O–H groups in total. The van der Waals surface area contributed by atoms with E-state index in [4.69, 9.17) is 0 Å². The molecule has 0 saturated heterocycles. The monoisotopic (exact) mass is 265 g/mol. The molecule has 1 saturated carbocycles. The van der Waals surface area contributed by atoms with Gasteiger partial charge in [0.05, 0.1) is 13.7 Å². The van der Waals surface area contributed by atoms with Crippen molar-refractivity contribution in [1.82, 2.24) is 9.97 Å². The Kier molecular flexibility index (Phi) is 4.68. The second-order valence-electron chi connectivity index (χ2n) is 4.59. The molecule has 1 fully saturated rings. The summed E-state index contributed by atoms with van der Waals surface area (Å²) in [7, 11) is 1.31. The highest BCUT2D eigenvalue weighted by molar-refractivity contribution is 5.85. The van der Waals surface area contributed by atoms with E-state index in [1.807, 2.05) is 0 Å². The number of esters is 1. The molecule has 0 atom stereocenters. The molecule has 104 valence electrons. The number of ether oxygens (including phenoxy) is 1. The predicted octanol–water partition coefficient (Wildman–Crippen LogP) is 1.00. The van der Waals surface area contributed by atoms with Gasteiger partial charge in [-0.15, -0.1) is 0 Å². The van der Waals surface area contributed by atoms with Gasteiger partial charge in [0.15, 0.2) is 0 Å². The molecule has 0 radical (unpaired) electrons. The molecular formula is C13H19N3O3. The van der Waals surface area contributed by atoms with Crippen molar-refractivity contribution < 1.29 is 14.6 Å². The summed E-state index contributed by atoms with van der Waals surface area (Å²) in [6.07, 6.45) is 6.13. The van der Waals surface area contributed by atoms with Gasteiger partial charge in [-0.2, -0.15) is 0 Å². The molecule has 0 unspecified atom stereocenters. The van der Waals surface area contributed by atoms with E-state index in [1.165, 1.54) is 20.0 Å². The Labute approximate surface area is 112 Å². The van der Waals surface area contributed by atoms with Gasteiger partial charge < -0.3 is 14.7 Å². The van der Waals surface area contributed by atoms with Crippen LogP contribution in [0.25, 0.3) is 0 Å². The number of hydrogen-bond donors (Lipinski definition) is 1. The van der Waals surface area contributed by atoms with E-state index in [0.29, 0.717) is 18.4 Å². The first-order valence-corrected chi connectivity index (χ1v) is 6.55. The summed E-state index contributed by atoms with van der Waals surface area (Å²) in [6, 6.07) is 2.15. The van der Waals surface area contributed by atoms with E-state index in [2.05, 4.69) is 19.6 Å². The van der Waals surface area contributed by atoms with E-state index < -0.39 is 5.97 Å². The lowest BCUT2D eigenvalue weighted by Crippen LogP contribution is -2.36. The molecule has 19 heavy (non-hydrogen) atoms. The molecule has 0 aromatic carbocycles. The fourth-order valence-electron chi connectivity index (χ4n) is 2.51. The Morgan fingerprint density at radius 3 is 2.89 bits per heavy atom. The average molecular weight is 265 g/mol. The third-order valence-corrected chi connectivity index (χ3v) is 3.41. The summed E-state index contributed by atoms with van der Waals surface area (Å²) in [4.78, 5) is 21.6. The Bertz CT molecular complexity index is 433. The summed E-state index contributed by atoms with van der Waals surface area (Å²) >= 11 is 0. The molecule has 1 aromatic rings. The van der Waals surface area contributed by atoms with Crippen LogP contribution in [-0.2, 0) is 4.74 Å². The third-order valence-electron chi connectivity index (χ3n) is 3.41. The van der Waals surface area contributed by atoms with Gasteiger partial charge in [-0.1, -0.05) is 12.8 Å². The first-order chi connectivity index (χ1) is 9.26. The highest BCUT2D eigenvalue weighted by atomic mass is 16.5. The largest absolute Gasteiger partial charge is 0.463 e. The predicted molar refractivity (Wildman–Crippen MR) is 70.1 cm³/mol. The van der Waals surface area contributed by atoms with E-state index in [1.54, 1.807) is 12.3 Å². The highest BCUT2D eigenvalue weighted by Gasteiger charge is 2.24. The van der Waals surface area contributed by atoms with Crippen LogP contribution in [-0.4, -0.2) is 47.3 Å². The van der Waals surface area contributed by atoms with Crippen molar-refractivity contribution in [2.75, 3.05) is 25.2 Å². The Hall–Kier alpha value is -1.69. The van der Waals surface area contributed by atoms with Crippen LogP contribution >= 0.6 is 0 Å². The number of anilines is 1. The van der Waals surface area contributed by atoms with Crippen LogP contribution in [0.15, 0.2) is 12.3 Å². The van der Waals surface area contributed by atoms with Crippen LogP contribution in [0.1, 0.15) is 36.3 Å². The maximum absolute atomic E-state index is 11.5. The van der Waals surface area contributed by atoms with Crippen molar-refractivity contribution in [2.24, 2.45) is 0 Å². The summed E-state index contributed by atoms with van der Waals surface area (Å²) in [5, 5.41) is 9.21. The fourth-order valence-corrected chi connectivity index (χ4v) is 2.51. The third kappa shape index (κ3) is 3.20. The minimum Gasteiger partial charge on any atom is -0.463 e. The molecular weight excluding hydrogens is 246 g/mol. The highest BCUT2D eigenvalue weighted by Crippen LogP contribution is 2.26. The van der Waals surface area contributed by atoms with E-state index in [0.717, 1.165) is 12.8 Å². The van der Waals surface area contributed by atoms with Crippen LogP contribution in [0.4, 0.5) is 5.82 Å². The smallest absolute Gasteiger partial charge is 0.376 e. The first kappa shape index (κ1) is 13.7. The van der Waals surface area contributed by atoms with Gasteiger partial charge in [0.25, 0.3) is 0 Å². The molecule has 6 heteroatoms. The number of hydrogen-bond acceptors (Lipinski definition) is 6. The number of carbonyl (C=O) groups excluding carboxylic acids is 1. The SMILES string of the molecule is COC(=O)c1nccc(N(CCO)C2CCCC2)n1. The Morgan fingerprint density at radius 2 is 2.26 bits per heavy atom. The first-order valence-electron chi connectivity index (χ1n) is 6.55. The second kappa shape index (κ2) is 6.47. The van der Waals surface area contributed by atoms with Gasteiger partial charge in [0.1, 0.15) is 5.82 Å². The average Bonchev–Trinajstić information content (AvgIpc) is 2.98. The van der Waals surface area contributed by atoms with E-state index in [-0.39, 0.29) is 12.4 Å². The van der Waals surface area contributed by atoms with Crippen LogP contribution < -0.4 is 4.90 Å². The van der Waals surface area contributed by atoms with Crippen molar-refractivity contribution in [3.63, 3.8) is 0 Å². The molecule has 1 aliphatic carbocycles.